The fraction of sp³-hybridized carbons (Fsp3) is 0.483. The number of nitrogens with zero attached hydrogens (tertiary/aromatic N) is 5. The summed E-state index contributed by atoms with van der Waals surface area (Å²) in [4.78, 5) is 20.4. The van der Waals surface area contributed by atoms with E-state index in [1.54, 1.807) is 18.3 Å². The van der Waals surface area contributed by atoms with Gasteiger partial charge in [0.05, 0.1) is 23.0 Å². The van der Waals surface area contributed by atoms with Crippen LogP contribution in [0.2, 0.25) is 0 Å². The Morgan fingerprint density at radius 2 is 1.85 bits per heavy atom. The highest BCUT2D eigenvalue weighted by molar-refractivity contribution is 7.91. The van der Waals surface area contributed by atoms with Gasteiger partial charge in [0.25, 0.3) is 0 Å². The molecular weight excluding hydrogens is 514 g/mol. The fourth-order valence-electron chi connectivity index (χ4n) is 5.89. The number of anilines is 1. The summed E-state index contributed by atoms with van der Waals surface area (Å²) < 4.78 is 30.1. The molecule has 0 spiro atoms. The molecule has 2 aliphatic carbocycles. The van der Waals surface area contributed by atoms with Gasteiger partial charge in [-0.1, -0.05) is 25.0 Å². The van der Waals surface area contributed by atoms with Crippen molar-refractivity contribution in [2.24, 2.45) is 11.3 Å². The van der Waals surface area contributed by atoms with Crippen molar-refractivity contribution in [1.82, 2.24) is 15.2 Å². The highest BCUT2D eigenvalue weighted by Crippen LogP contribution is 2.51. The zero-order chi connectivity index (χ0) is 27.0. The Balaban J connectivity index is 1.34. The fourth-order valence-corrected chi connectivity index (χ4v) is 7.09. The van der Waals surface area contributed by atoms with Crippen molar-refractivity contribution in [3.63, 3.8) is 0 Å². The van der Waals surface area contributed by atoms with Gasteiger partial charge in [-0.15, -0.1) is 5.10 Å². The summed E-state index contributed by atoms with van der Waals surface area (Å²) in [5.74, 6) is 1.19. The molecule has 2 aromatic heterocycles. The van der Waals surface area contributed by atoms with Gasteiger partial charge >= 0.3 is 0 Å². The second-order valence-electron chi connectivity index (χ2n) is 11.1. The van der Waals surface area contributed by atoms with Crippen LogP contribution in [-0.2, 0) is 14.6 Å². The first kappa shape index (κ1) is 25.7. The number of carbonyl (C=O) groups is 1. The van der Waals surface area contributed by atoms with E-state index >= 15 is 0 Å². The first-order valence-corrected chi connectivity index (χ1v) is 15.5. The van der Waals surface area contributed by atoms with Crippen LogP contribution in [0, 0.1) is 22.7 Å². The molecular formula is C29H31N5O4S. The number of nitriles is 1. The number of aromatic nitrogens is 3. The topological polar surface area (TPSA) is 130 Å². The summed E-state index contributed by atoms with van der Waals surface area (Å²) in [5.41, 5.74) is 2.57. The van der Waals surface area contributed by atoms with Crippen molar-refractivity contribution in [2.45, 2.75) is 50.9 Å². The summed E-state index contributed by atoms with van der Waals surface area (Å²) in [6, 6.07) is 13.9. The van der Waals surface area contributed by atoms with Gasteiger partial charge in [0, 0.05) is 48.8 Å². The number of oxazole rings is 1. The van der Waals surface area contributed by atoms with Gasteiger partial charge in [-0.3, -0.25) is 4.79 Å². The Kier molecular flexibility index (Phi) is 6.71. The van der Waals surface area contributed by atoms with Crippen LogP contribution in [0.1, 0.15) is 56.6 Å². The normalized spacial score (nSPS) is 23.6. The van der Waals surface area contributed by atoms with E-state index in [4.69, 9.17) is 9.40 Å². The molecule has 10 heteroatoms. The van der Waals surface area contributed by atoms with Crippen LogP contribution in [0.25, 0.3) is 22.8 Å². The predicted octanol–water partition coefficient (Wildman–Crippen LogP) is 4.57. The summed E-state index contributed by atoms with van der Waals surface area (Å²) in [6.07, 6.45) is 7.07. The Labute approximate surface area is 228 Å². The van der Waals surface area contributed by atoms with Gasteiger partial charge in [-0.25, -0.2) is 13.4 Å². The standard InChI is InChI=1S/C29H31N5O4S/c30-19-29(11-12-29)18-25(35)22-4-1-2-5-23(22)27-26(32-28(38-27)24-6-3-13-31-33-24)20-7-9-21(10-8-20)34-14-16-39(36,37)17-15-34/h3,6-10,13,22-23H,1-2,4-5,11-12,14-18H2/t22-,23-/m1/s1. The zero-order valence-corrected chi connectivity index (χ0v) is 22.6. The van der Waals surface area contributed by atoms with Gasteiger partial charge in [-0.2, -0.15) is 10.4 Å². The average Bonchev–Trinajstić information content (AvgIpc) is 3.60. The van der Waals surface area contributed by atoms with Crippen LogP contribution in [0.5, 0.6) is 0 Å². The predicted molar refractivity (Wildman–Crippen MR) is 145 cm³/mol. The van der Waals surface area contributed by atoms with Crippen LogP contribution in [-0.4, -0.2) is 54.0 Å². The van der Waals surface area contributed by atoms with Crippen molar-refractivity contribution in [2.75, 3.05) is 29.5 Å². The molecule has 2 atom stereocenters. The Morgan fingerprint density at radius 1 is 1.10 bits per heavy atom. The van der Waals surface area contributed by atoms with E-state index in [0.717, 1.165) is 49.8 Å². The van der Waals surface area contributed by atoms with Gasteiger partial charge in [0.15, 0.2) is 9.84 Å². The molecule has 39 heavy (non-hydrogen) atoms. The van der Waals surface area contributed by atoms with Crippen molar-refractivity contribution in [3.05, 3.63) is 48.4 Å². The lowest BCUT2D eigenvalue weighted by Gasteiger charge is -2.30. The van der Waals surface area contributed by atoms with Gasteiger partial charge < -0.3 is 9.32 Å². The molecule has 3 aromatic rings. The minimum absolute atomic E-state index is 0.124. The lowest BCUT2D eigenvalue weighted by Crippen LogP contribution is -2.40. The summed E-state index contributed by atoms with van der Waals surface area (Å²) in [7, 11) is -2.96. The van der Waals surface area contributed by atoms with Crippen molar-refractivity contribution in [1.29, 1.82) is 5.26 Å². The SMILES string of the molecule is N#CC1(CC(=O)[C@@H]2CCCC[C@H]2c2oc(-c3cccnn3)nc2-c2ccc(N3CCS(=O)(=O)CC3)cc2)CC1. The number of sulfone groups is 1. The molecule has 1 aromatic carbocycles. The molecule has 1 saturated heterocycles. The van der Waals surface area contributed by atoms with E-state index in [9.17, 15) is 18.5 Å². The second kappa shape index (κ2) is 10.2. The minimum atomic E-state index is -2.96. The van der Waals surface area contributed by atoms with Crippen molar-refractivity contribution >= 4 is 21.3 Å². The maximum atomic E-state index is 13.5. The maximum Gasteiger partial charge on any atom is 0.247 e. The molecule has 0 unspecified atom stereocenters. The molecule has 3 aliphatic rings. The van der Waals surface area contributed by atoms with E-state index < -0.39 is 15.3 Å². The number of benzene rings is 1. The lowest BCUT2D eigenvalue weighted by molar-refractivity contribution is -0.125. The Hall–Kier alpha value is -3.58. The Bertz CT molecular complexity index is 1490. The first-order chi connectivity index (χ1) is 18.9. The number of hydrogen-bond donors (Lipinski definition) is 0. The van der Waals surface area contributed by atoms with Gasteiger partial charge in [0.1, 0.15) is 22.9 Å². The van der Waals surface area contributed by atoms with E-state index in [1.165, 1.54) is 0 Å². The second-order valence-corrected chi connectivity index (χ2v) is 13.4. The monoisotopic (exact) mass is 545 g/mol. The highest BCUT2D eigenvalue weighted by Gasteiger charge is 2.47. The maximum absolute atomic E-state index is 13.5. The largest absolute Gasteiger partial charge is 0.439 e. The van der Waals surface area contributed by atoms with E-state index in [1.807, 2.05) is 24.3 Å². The van der Waals surface area contributed by atoms with Crippen LogP contribution in [0.3, 0.4) is 0 Å². The smallest absolute Gasteiger partial charge is 0.247 e. The summed E-state index contributed by atoms with van der Waals surface area (Å²) >= 11 is 0. The van der Waals surface area contributed by atoms with Gasteiger partial charge in [-0.05, 0) is 49.9 Å². The number of carbonyl (C=O) groups excluding carboxylic acids is 1. The number of rotatable bonds is 7. The van der Waals surface area contributed by atoms with E-state index in [-0.39, 0.29) is 29.1 Å². The third kappa shape index (κ3) is 5.33. The molecule has 0 N–H and O–H groups in total. The quantitative estimate of drug-likeness (QED) is 0.419. The third-order valence-corrected chi connectivity index (χ3v) is 10.0. The molecule has 0 amide bonds. The zero-order valence-electron chi connectivity index (χ0n) is 21.8. The minimum Gasteiger partial charge on any atom is -0.439 e. The molecule has 1 aliphatic heterocycles. The molecule has 202 valence electrons. The molecule has 0 radical (unpaired) electrons. The van der Waals surface area contributed by atoms with E-state index in [0.29, 0.717) is 42.5 Å². The summed E-state index contributed by atoms with van der Waals surface area (Å²) in [5, 5.41) is 17.7. The molecule has 2 saturated carbocycles. The molecule has 6 rings (SSSR count). The van der Waals surface area contributed by atoms with Gasteiger partial charge in [0.2, 0.25) is 5.89 Å². The number of ketones is 1. The van der Waals surface area contributed by atoms with Crippen LogP contribution in [0.15, 0.2) is 47.0 Å². The van der Waals surface area contributed by atoms with Crippen molar-refractivity contribution < 1.29 is 17.6 Å². The molecule has 0 bridgehead atoms. The van der Waals surface area contributed by atoms with Crippen LogP contribution >= 0.6 is 0 Å². The lowest BCUT2D eigenvalue weighted by atomic mass is 9.73. The molecule has 3 heterocycles. The Morgan fingerprint density at radius 3 is 2.51 bits per heavy atom. The average molecular weight is 546 g/mol. The van der Waals surface area contributed by atoms with Crippen molar-refractivity contribution in [3.8, 4) is 28.9 Å². The first-order valence-electron chi connectivity index (χ1n) is 13.6. The number of Topliss-reactive ketones (excluding diaryl/α,β-unsaturated/α-hetero) is 1. The number of hydrogen-bond acceptors (Lipinski definition) is 9. The van der Waals surface area contributed by atoms with E-state index in [2.05, 4.69) is 21.2 Å². The molecule has 9 nitrogen and oxygen atoms in total. The summed E-state index contributed by atoms with van der Waals surface area (Å²) in [6.45, 7) is 0.952. The van der Waals surface area contributed by atoms with Crippen LogP contribution in [0.4, 0.5) is 5.69 Å². The third-order valence-electron chi connectivity index (χ3n) is 8.41. The molecule has 3 fully saturated rings. The van der Waals surface area contributed by atoms with Crippen LogP contribution < -0.4 is 4.90 Å². The highest BCUT2D eigenvalue weighted by atomic mass is 32.2.